The van der Waals surface area contributed by atoms with Crippen molar-refractivity contribution in [1.82, 2.24) is 0 Å². The van der Waals surface area contributed by atoms with Gasteiger partial charge in [0, 0.05) is 4.47 Å². The predicted octanol–water partition coefficient (Wildman–Crippen LogP) is 2.90. The fourth-order valence-electron chi connectivity index (χ4n) is 1.22. The molecule has 0 bridgehead atoms. The molecular weight excluding hydrogens is 304 g/mol. The van der Waals surface area contributed by atoms with E-state index >= 15 is 0 Å². The van der Waals surface area contributed by atoms with Gasteiger partial charge in [-0.2, -0.15) is 0 Å². The van der Waals surface area contributed by atoms with Crippen LogP contribution in [0.1, 0.15) is 26.3 Å². The summed E-state index contributed by atoms with van der Waals surface area (Å²) in [5.74, 6) is -0.366. The number of aryl methyl sites for hydroxylation is 1. The first-order valence-corrected chi connectivity index (χ1v) is 7.40. The SMILES string of the molecule is CC(=O)C(C)(C)S(=O)(=O)c1ccc(C)c(Br)c1. The third-order valence-electron chi connectivity index (χ3n) is 2.97. The number of benzene rings is 1. The molecule has 0 unspecified atom stereocenters. The molecule has 1 rings (SSSR count). The highest BCUT2D eigenvalue weighted by atomic mass is 79.9. The monoisotopic (exact) mass is 318 g/mol. The second-order valence-electron chi connectivity index (χ2n) is 4.48. The Morgan fingerprint density at radius 1 is 1.29 bits per heavy atom. The van der Waals surface area contributed by atoms with Crippen LogP contribution >= 0.6 is 15.9 Å². The topological polar surface area (TPSA) is 51.2 Å². The molecule has 0 radical (unpaired) electrons. The lowest BCUT2D eigenvalue weighted by atomic mass is 10.1. The minimum absolute atomic E-state index is 0.162. The van der Waals surface area contributed by atoms with Crippen LogP contribution in [0.4, 0.5) is 0 Å². The zero-order valence-corrected chi connectivity index (χ0v) is 12.6. The number of carbonyl (C=O) groups excluding carboxylic acids is 1. The van der Waals surface area contributed by atoms with Gasteiger partial charge >= 0.3 is 0 Å². The average molecular weight is 319 g/mol. The second-order valence-corrected chi connectivity index (χ2v) is 7.83. The smallest absolute Gasteiger partial charge is 0.190 e. The van der Waals surface area contributed by atoms with Crippen molar-refractivity contribution >= 4 is 31.6 Å². The number of halogens is 1. The van der Waals surface area contributed by atoms with Crippen molar-refractivity contribution < 1.29 is 13.2 Å². The minimum atomic E-state index is -3.66. The minimum Gasteiger partial charge on any atom is -0.298 e. The van der Waals surface area contributed by atoms with Crippen molar-refractivity contribution in [1.29, 1.82) is 0 Å². The van der Waals surface area contributed by atoms with E-state index in [9.17, 15) is 13.2 Å². The lowest BCUT2D eigenvalue weighted by Gasteiger charge is -2.21. The molecule has 17 heavy (non-hydrogen) atoms. The van der Waals surface area contributed by atoms with E-state index in [1.807, 2.05) is 6.92 Å². The standard InChI is InChI=1S/C12H15BrO3S/c1-8-5-6-10(7-11(8)13)17(15,16)12(3,4)9(2)14/h5-7H,1-4H3. The fourth-order valence-corrected chi connectivity index (χ4v) is 3.24. The van der Waals surface area contributed by atoms with Crippen LogP contribution in [-0.4, -0.2) is 18.9 Å². The van der Waals surface area contributed by atoms with E-state index in [0.717, 1.165) is 10.0 Å². The Balaban J connectivity index is 3.42. The van der Waals surface area contributed by atoms with Gasteiger partial charge in [0.2, 0.25) is 0 Å². The van der Waals surface area contributed by atoms with Gasteiger partial charge in [-0.3, -0.25) is 4.79 Å². The molecule has 0 aliphatic carbocycles. The van der Waals surface area contributed by atoms with E-state index in [1.54, 1.807) is 6.07 Å². The van der Waals surface area contributed by atoms with Crippen molar-refractivity contribution in [2.45, 2.75) is 37.3 Å². The summed E-state index contributed by atoms with van der Waals surface area (Å²) in [6, 6.07) is 4.78. The van der Waals surface area contributed by atoms with E-state index in [2.05, 4.69) is 15.9 Å². The van der Waals surface area contributed by atoms with Gasteiger partial charge in [-0.25, -0.2) is 8.42 Å². The molecule has 0 heterocycles. The molecule has 0 saturated heterocycles. The van der Waals surface area contributed by atoms with E-state index in [-0.39, 0.29) is 10.7 Å². The second kappa shape index (κ2) is 4.53. The number of hydrogen-bond donors (Lipinski definition) is 0. The van der Waals surface area contributed by atoms with Crippen LogP contribution in [0.15, 0.2) is 27.6 Å². The summed E-state index contributed by atoms with van der Waals surface area (Å²) in [5, 5.41) is 0. The Kier molecular flexibility index (Phi) is 3.84. The molecule has 1 aromatic rings. The van der Waals surface area contributed by atoms with Crippen LogP contribution in [0.25, 0.3) is 0 Å². The summed E-state index contributed by atoms with van der Waals surface area (Å²) in [5.41, 5.74) is 0.949. The van der Waals surface area contributed by atoms with Crippen LogP contribution in [0.2, 0.25) is 0 Å². The zero-order valence-electron chi connectivity index (χ0n) is 10.2. The Labute approximate surface area is 110 Å². The van der Waals surface area contributed by atoms with Gasteiger partial charge in [0.05, 0.1) is 4.90 Å². The lowest BCUT2D eigenvalue weighted by molar-refractivity contribution is -0.118. The molecule has 0 fully saturated rings. The van der Waals surface area contributed by atoms with Crippen molar-refractivity contribution in [3.05, 3.63) is 28.2 Å². The highest BCUT2D eigenvalue weighted by Crippen LogP contribution is 2.29. The number of ketones is 1. The Morgan fingerprint density at radius 2 is 1.82 bits per heavy atom. The quantitative estimate of drug-likeness (QED) is 0.861. The van der Waals surface area contributed by atoms with Gasteiger partial charge in [-0.1, -0.05) is 22.0 Å². The molecule has 5 heteroatoms. The maximum Gasteiger partial charge on any atom is 0.190 e. The third kappa shape index (κ3) is 2.45. The van der Waals surface area contributed by atoms with E-state index < -0.39 is 14.6 Å². The lowest BCUT2D eigenvalue weighted by Crippen LogP contribution is -2.39. The van der Waals surface area contributed by atoms with Crippen LogP contribution in [-0.2, 0) is 14.6 Å². The van der Waals surface area contributed by atoms with Crippen molar-refractivity contribution in [2.24, 2.45) is 0 Å². The number of carbonyl (C=O) groups is 1. The number of sulfone groups is 1. The van der Waals surface area contributed by atoms with E-state index in [4.69, 9.17) is 0 Å². The van der Waals surface area contributed by atoms with Crippen LogP contribution < -0.4 is 0 Å². The zero-order chi connectivity index (χ0) is 13.4. The van der Waals surface area contributed by atoms with Gasteiger partial charge < -0.3 is 0 Å². The van der Waals surface area contributed by atoms with Crippen LogP contribution in [0.3, 0.4) is 0 Å². The van der Waals surface area contributed by atoms with Crippen LogP contribution in [0.5, 0.6) is 0 Å². The summed E-state index contributed by atoms with van der Waals surface area (Å²) in [4.78, 5) is 11.6. The Morgan fingerprint density at radius 3 is 2.24 bits per heavy atom. The largest absolute Gasteiger partial charge is 0.298 e. The number of rotatable bonds is 3. The molecule has 3 nitrogen and oxygen atoms in total. The molecule has 1 aromatic carbocycles. The molecular formula is C12H15BrO3S. The summed E-state index contributed by atoms with van der Waals surface area (Å²) < 4.78 is 24.0. The van der Waals surface area contributed by atoms with Gasteiger partial charge in [0.1, 0.15) is 4.75 Å². The first-order valence-electron chi connectivity index (χ1n) is 5.12. The first-order chi connectivity index (χ1) is 7.60. The molecule has 0 spiro atoms. The van der Waals surface area contributed by atoms with Crippen LogP contribution in [0, 0.1) is 6.92 Å². The van der Waals surface area contributed by atoms with Gasteiger partial charge in [0.15, 0.2) is 15.6 Å². The summed E-state index contributed by atoms with van der Waals surface area (Å²) in [7, 11) is -3.66. The van der Waals surface area contributed by atoms with Gasteiger partial charge in [-0.05, 0) is 45.4 Å². The molecule has 0 aliphatic rings. The summed E-state index contributed by atoms with van der Waals surface area (Å²) >= 11 is 3.29. The Bertz CT molecular complexity index is 559. The van der Waals surface area contributed by atoms with E-state index in [0.29, 0.717) is 0 Å². The first kappa shape index (κ1) is 14.4. The predicted molar refractivity (Wildman–Crippen MR) is 70.8 cm³/mol. The molecule has 94 valence electrons. The van der Waals surface area contributed by atoms with Crippen molar-refractivity contribution in [3.63, 3.8) is 0 Å². The average Bonchev–Trinajstić information content (AvgIpc) is 2.21. The van der Waals surface area contributed by atoms with Gasteiger partial charge in [-0.15, -0.1) is 0 Å². The normalized spacial score (nSPS) is 12.5. The Hall–Kier alpha value is -0.680. The van der Waals surface area contributed by atoms with E-state index in [1.165, 1.54) is 32.9 Å². The molecule has 0 saturated carbocycles. The third-order valence-corrected chi connectivity index (χ3v) is 6.33. The maximum absolute atomic E-state index is 12.3. The highest BCUT2D eigenvalue weighted by molar-refractivity contribution is 9.10. The highest BCUT2D eigenvalue weighted by Gasteiger charge is 2.40. The van der Waals surface area contributed by atoms with Crippen molar-refractivity contribution in [2.75, 3.05) is 0 Å². The molecule has 0 aromatic heterocycles. The summed E-state index contributed by atoms with van der Waals surface area (Å²) in [6.07, 6.45) is 0. The molecule has 0 aliphatic heterocycles. The summed E-state index contributed by atoms with van der Waals surface area (Å²) in [6.45, 7) is 6.02. The fraction of sp³-hybridized carbons (Fsp3) is 0.417. The van der Waals surface area contributed by atoms with Gasteiger partial charge in [0.25, 0.3) is 0 Å². The van der Waals surface area contributed by atoms with Crippen molar-refractivity contribution in [3.8, 4) is 0 Å². The molecule has 0 amide bonds. The maximum atomic E-state index is 12.3. The molecule has 0 atom stereocenters. The number of Topliss-reactive ketones (excluding diaryl/α,β-unsaturated/α-hetero) is 1. The molecule has 0 N–H and O–H groups in total. The number of hydrogen-bond acceptors (Lipinski definition) is 3.